The standard InChI is InChI=1S/C27H39N3O5S/c1-7-25(27(32)28-20(2)3)29(19-22-12-8-11-21(4)17-22)26(31)15-10-16-30(36(6,33)34)23-13-9-14-24(18-23)35-5/h8-9,11-14,17-18,20,25H,7,10,15-16,19H2,1-6H3,(H,28,32)/t25-/m1/s1. The molecule has 2 aromatic carbocycles. The van der Waals surface area contributed by atoms with Gasteiger partial charge in [-0.25, -0.2) is 8.42 Å². The summed E-state index contributed by atoms with van der Waals surface area (Å²) in [6.45, 7) is 8.07. The number of hydrogen-bond donors (Lipinski definition) is 1. The van der Waals surface area contributed by atoms with E-state index in [9.17, 15) is 18.0 Å². The van der Waals surface area contributed by atoms with E-state index in [1.165, 1.54) is 11.4 Å². The van der Waals surface area contributed by atoms with Crippen LogP contribution in [-0.2, 0) is 26.2 Å². The second kappa shape index (κ2) is 13.3. The zero-order valence-electron chi connectivity index (χ0n) is 22.2. The molecule has 0 saturated heterocycles. The average molecular weight is 518 g/mol. The molecule has 2 amide bonds. The van der Waals surface area contributed by atoms with Gasteiger partial charge in [-0.1, -0.05) is 42.8 Å². The van der Waals surface area contributed by atoms with Gasteiger partial charge < -0.3 is 15.0 Å². The van der Waals surface area contributed by atoms with Gasteiger partial charge in [0.1, 0.15) is 11.8 Å². The summed E-state index contributed by atoms with van der Waals surface area (Å²) in [5.74, 6) is 0.160. The molecule has 1 N–H and O–H groups in total. The van der Waals surface area contributed by atoms with Crippen molar-refractivity contribution < 1.29 is 22.7 Å². The first-order valence-electron chi connectivity index (χ1n) is 12.2. The summed E-state index contributed by atoms with van der Waals surface area (Å²) in [5.41, 5.74) is 2.48. The van der Waals surface area contributed by atoms with Gasteiger partial charge in [0.25, 0.3) is 0 Å². The Morgan fingerprint density at radius 2 is 1.78 bits per heavy atom. The van der Waals surface area contributed by atoms with E-state index in [1.54, 1.807) is 29.2 Å². The minimum Gasteiger partial charge on any atom is -0.497 e. The van der Waals surface area contributed by atoms with E-state index in [0.717, 1.165) is 17.4 Å². The van der Waals surface area contributed by atoms with Gasteiger partial charge in [0, 0.05) is 31.6 Å². The molecule has 2 rings (SSSR count). The van der Waals surface area contributed by atoms with Crippen LogP contribution in [0.3, 0.4) is 0 Å². The summed E-state index contributed by atoms with van der Waals surface area (Å²) in [5, 5.41) is 2.92. The Morgan fingerprint density at radius 3 is 2.36 bits per heavy atom. The van der Waals surface area contributed by atoms with Gasteiger partial charge in [-0.2, -0.15) is 0 Å². The lowest BCUT2D eigenvalue weighted by Crippen LogP contribution is -2.50. The zero-order valence-corrected chi connectivity index (χ0v) is 23.0. The van der Waals surface area contributed by atoms with Crippen LogP contribution in [0.15, 0.2) is 48.5 Å². The molecule has 0 aliphatic carbocycles. The topological polar surface area (TPSA) is 96.0 Å². The van der Waals surface area contributed by atoms with Gasteiger partial charge in [-0.15, -0.1) is 0 Å². The summed E-state index contributed by atoms with van der Waals surface area (Å²) in [7, 11) is -2.05. The third kappa shape index (κ3) is 8.55. The van der Waals surface area contributed by atoms with Crippen molar-refractivity contribution in [3.05, 3.63) is 59.7 Å². The summed E-state index contributed by atoms with van der Waals surface area (Å²) in [6, 6.07) is 14.0. The molecule has 198 valence electrons. The smallest absolute Gasteiger partial charge is 0.243 e. The highest BCUT2D eigenvalue weighted by molar-refractivity contribution is 7.92. The van der Waals surface area contributed by atoms with E-state index in [0.29, 0.717) is 30.8 Å². The lowest BCUT2D eigenvalue weighted by atomic mass is 10.1. The number of hydrogen-bond acceptors (Lipinski definition) is 5. The maximum atomic E-state index is 13.4. The van der Waals surface area contributed by atoms with Crippen molar-refractivity contribution in [3.8, 4) is 5.75 Å². The molecule has 36 heavy (non-hydrogen) atoms. The number of ether oxygens (including phenoxy) is 1. The molecule has 0 fully saturated rings. The van der Waals surface area contributed by atoms with Crippen LogP contribution in [0.4, 0.5) is 5.69 Å². The van der Waals surface area contributed by atoms with Crippen molar-refractivity contribution in [3.63, 3.8) is 0 Å². The molecule has 0 radical (unpaired) electrons. The van der Waals surface area contributed by atoms with Gasteiger partial charge in [0.15, 0.2) is 0 Å². The number of benzene rings is 2. The lowest BCUT2D eigenvalue weighted by molar-refractivity contribution is -0.141. The van der Waals surface area contributed by atoms with Crippen LogP contribution in [0.1, 0.15) is 51.2 Å². The molecule has 0 aliphatic rings. The number of amides is 2. The Kier molecular flexibility index (Phi) is 10.8. The number of rotatable bonds is 13. The fraction of sp³-hybridized carbons (Fsp3) is 0.481. The molecule has 9 heteroatoms. The Morgan fingerprint density at radius 1 is 1.08 bits per heavy atom. The summed E-state index contributed by atoms with van der Waals surface area (Å²) in [4.78, 5) is 28.0. The normalized spacial score (nSPS) is 12.2. The van der Waals surface area contributed by atoms with Crippen LogP contribution in [0.2, 0.25) is 0 Å². The highest BCUT2D eigenvalue weighted by Crippen LogP contribution is 2.24. The first-order chi connectivity index (χ1) is 17.0. The highest BCUT2D eigenvalue weighted by Gasteiger charge is 2.29. The Balaban J connectivity index is 2.23. The number of aryl methyl sites for hydroxylation is 1. The van der Waals surface area contributed by atoms with Crippen LogP contribution < -0.4 is 14.4 Å². The molecule has 0 saturated carbocycles. The van der Waals surface area contributed by atoms with Crippen molar-refractivity contribution in [1.82, 2.24) is 10.2 Å². The maximum Gasteiger partial charge on any atom is 0.243 e. The summed E-state index contributed by atoms with van der Waals surface area (Å²) < 4.78 is 31.5. The number of carbonyl (C=O) groups is 2. The number of nitrogens with one attached hydrogen (secondary N) is 1. The quantitative estimate of drug-likeness (QED) is 0.435. The zero-order chi connectivity index (χ0) is 26.9. The van der Waals surface area contributed by atoms with Gasteiger partial charge in [-0.05, 0) is 51.3 Å². The third-order valence-electron chi connectivity index (χ3n) is 5.75. The Labute approximate surface area is 215 Å². The molecular formula is C27H39N3O5S. The van der Waals surface area contributed by atoms with Crippen LogP contribution in [-0.4, -0.2) is 57.1 Å². The van der Waals surface area contributed by atoms with Crippen LogP contribution in [0.5, 0.6) is 5.75 Å². The number of methoxy groups -OCH3 is 1. The minimum absolute atomic E-state index is 0.0475. The fourth-order valence-corrected chi connectivity index (χ4v) is 5.03. The fourth-order valence-electron chi connectivity index (χ4n) is 4.08. The highest BCUT2D eigenvalue weighted by atomic mass is 32.2. The van der Waals surface area contributed by atoms with Crippen molar-refractivity contribution in [1.29, 1.82) is 0 Å². The van der Waals surface area contributed by atoms with Gasteiger partial charge in [-0.3, -0.25) is 13.9 Å². The van der Waals surface area contributed by atoms with E-state index >= 15 is 0 Å². The third-order valence-corrected chi connectivity index (χ3v) is 6.94. The number of sulfonamides is 1. The lowest BCUT2D eigenvalue weighted by Gasteiger charge is -2.31. The predicted molar refractivity (Wildman–Crippen MR) is 144 cm³/mol. The molecule has 0 aromatic heterocycles. The molecule has 0 bridgehead atoms. The summed E-state index contributed by atoms with van der Waals surface area (Å²) >= 11 is 0. The minimum atomic E-state index is -3.57. The van der Waals surface area contributed by atoms with Crippen LogP contribution in [0.25, 0.3) is 0 Å². The Bertz CT molecular complexity index is 1130. The van der Waals surface area contributed by atoms with Gasteiger partial charge in [0.2, 0.25) is 21.8 Å². The van der Waals surface area contributed by atoms with Crippen molar-refractivity contribution >= 4 is 27.5 Å². The maximum absolute atomic E-state index is 13.4. The molecule has 8 nitrogen and oxygen atoms in total. The molecular weight excluding hydrogens is 478 g/mol. The summed E-state index contributed by atoms with van der Waals surface area (Å²) in [6.07, 6.45) is 2.01. The van der Waals surface area contributed by atoms with Crippen LogP contribution >= 0.6 is 0 Å². The SMILES string of the molecule is CC[C@H](C(=O)NC(C)C)N(Cc1cccc(C)c1)C(=O)CCCN(c1cccc(OC)c1)S(C)(=O)=O. The molecule has 0 aliphatic heterocycles. The van der Waals surface area contributed by atoms with E-state index in [-0.39, 0.29) is 30.8 Å². The van der Waals surface area contributed by atoms with Crippen LogP contribution in [0, 0.1) is 6.92 Å². The van der Waals surface area contributed by atoms with Gasteiger partial charge in [0.05, 0.1) is 19.1 Å². The van der Waals surface area contributed by atoms with E-state index in [1.807, 2.05) is 52.0 Å². The second-order valence-electron chi connectivity index (χ2n) is 9.24. The van der Waals surface area contributed by atoms with E-state index < -0.39 is 16.1 Å². The van der Waals surface area contributed by atoms with Gasteiger partial charge >= 0.3 is 0 Å². The number of anilines is 1. The first-order valence-corrected chi connectivity index (χ1v) is 14.1. The second-order valence-corrected chi connectivity index (χ2v) is 11.1. The van der Waals surface area contributed by atoms with E-state index in [4.69, 9.17) is 4.74 Å². The average Bonchev–Trinajstić information content (AvgIpc) is 2.80. The Hall–Kier alpha value is -3.07. The first kappa shape index (κ1) is 29.2. The molecule has 0 spiro atoms. The number of nitrogens with zero attached hydrogens (tertiary/aromatic N) is 2. The molecule has 1 atom stereocenters. The predicted octanol–water partition coefficient (Wildman–Crippen LogP) is 3.88. The van der Waals surface area contributed by atoms with E-state index in [2.05, 4.69) is 5.32 Å². The molecule has 0 heterocycles. The largest absolute Gasteiger partial charge is 0.497 e. The molecule has 0 unspecified atom stereocenters. The van der Waals surface area contributed by atoms with Crippen molar-refractivity contribution in [2.24, 2.45) is 0 Å². The van der Waals surface area contributed by atoms with Crippen molar-refractivity contribution in [2.75, 3.05) is 24.2 Å². The number of carbonyl (C=O) groups excluding carboxylic acids is 2. The van der Waals surface area contributed by atoms with Crippen molar-refractivity contribution in [2.45, 2.75) is 65.6 Å². The monoisotopic (exact) mass is 517 g/mol. The molecule has 2 aromatic rings.